The highest BCUT2D eigenvalue weighted by atomic mass is 28.4. The molecule has 0 amide bonds. The number of methoxy groups -OCH3 is 1. The predicted molar refractivity (Wildman–Crippen MR) is 61.2 cm³/mol. The second-order valence-corrected chi connectivity index (χ2v) is 9.92. The van der Waals surface area contributed by atoms with Gasteiger partial charge in [0.2, 0.25) is 0 Å². The Bertz CT molecular complexity index is 220. The predicted octanol–water partition coefficient (Wildman–Crippen LogP) is 1.54. The number of carbonyl (C=O) groups excluding carboxylic acids is 1. The van der Waals surface area contributed by atoms with E-state index in [1.54, 1.807) is 0 Å². The van der Waals surface area contributed by atoms with Crippen molar-refractivity contribution < 1.29 is 19.1 Å². The molecule has 0 rings (SSSR count). The molecule has 0 saturated heterocycles. The largest absolute Gasteiger partial charge is 0.467 e. The monoisotopic (exact) mass is 234 g/mol. The van der Waals surface area contributed by atoms with Gasteiger partial charge in [-0.1, -0.05) is 20.8 Å². The Labute approximate surface area is 92.7 Å². The van der Waals surface area contributed by atoms with Gasteiger partial charge in [0.25, 0.3) is 0 Å². The molecule has 15 heavy (non-hydrogen) atoms. The van der Waals surface area contributed by atoms with E-state index in [4.69, 9.17) is 4.43 Å². The Hall–Kier alpha value is -0.393. The molecule has 0 aromatic carbocycles. The summed E-state index contributed by atoms with van der Waals surface area (Å²) in [6.07, 6.45) is -1.18. The standard InChI is InChI=1S/C10H22O4Si/c1-10(2,3)15(5,6)14-7-8(11)9(12)13-4/h8,11H,7H2,1-6H3/t8-/m1/s1. The second kappa shape index (κ2) is 5.09. The molecule has 0 aliphatic rings. The summed E-state index contributed by atoms with van der Waals surface area (Å²) in [5.41, 5.74) is 0. The van der Waals surface area contributed by atoms with Gasteiger partial charge in [0.15, 0.2) is 14.4 Å². The van der Waals surface area contributed by atoms with Crippen molar-refractivity contribution in [3.05, 3.63) is 0 Å². The fourth-order valence-electron chi connectivity index (χ4n) is 0.708. The summed E-state index contributed by atoms with van der Waals surface area (Å²) in [6, 6.07) is 0. The van der Waals surface area contributed by atoms with Gasteiger partial charge in [0.1, 0.15) is 0 Å². The van der Waals surface area contributed by atoms with Crippen molar-refractivity contribution in [2.45, 2.75) is 45.0 Å². The van der Waals surface area contributed by atoms with Crippen LogP contribution < -0.4 is 0 Å². The van der Waals surface area contributed by atoms with E-state index in [2.05, 4.69) is 38.6 Å². The Morgan fingerprint density at radius 1 is 1.40 bits per heavy atom. The fourth-order valence-corrected chi connectivity index (χ4v) is 1.72. The highest BCUT2D eigenvalue weighted by Crippen LogP contribution is 2.36. The lowest BCUT2D eigenvalue weighted by atomic mass is 10.2. The number of esters is 1. The van der Waals surface area contributed by atoms with Crippen LogP contribution in [0.15, 0.2) is 0 Å². The van der Waals surface area contributed by atoms with Gasteiger partial charge in [-0.2, -0.15) is 0 Å². The maximum absolute atomic E-state index is 10.9. The van der Waals surface area contributed by atoms with Crippen LogP contribution >= 0.6 is 0 Å². The number of hydrogen-bond donors (Lipinski definition) is 1. The van der Waals surface area contributed by atoms with Gasteiger partial charge < -0.3 is 14.3 Å². The molecule has 0 bridgehead atoms. The molecule has 0 aliphatic heterocycles. The molecule has 1 N–H and O–H groups in total. The lowest BCUT2D eigenvalue weighted by Gasteiger charge is -2.36. The summed E-state index contributed by atoms with van der Waals surface area (Å²) >= 11 is 0. The highest BCUT2D eigenvalue weighted by molar-refractivity contribution is 6.74. The molecular weight excluding hydrogens is 212 g/mol. The summed E-state index contributed by atoms with van der Waals surface area (Å²) < 4.78 is 10.1. The quantitative estimate of drug-likeness (QED) is 0.592. The van der Waals surface area contributed by atoms with Crippen molar-refractivity contribution in [1.29, 1.82) is 0 Å². The van der Waals surface area contributed by atoms with Crippen LogP contribution in [0.2, 0.25) is 18.1 Å². The number of carbonyl (C=O) groups is 1. The van der Waals surface area contributed by atoms with Crippen molar-refractivity contribution in [2.24, 2.45) is 0 Å². The van der Waals surface area contributed by atoms with Crippen LogP contribution in [0.1, 0.15) is 20.8 Å². The summed E-state index contributed by atoms with van der Waals surface area (Å²) in [5, 5.41) is 9.44. The number of aliphatic hydroxyl groups excluding tert-OH is 1. The van der Waals surface area contributed by atoms with Crippen LogP contribution in [0, 0.1) is 0 Å². The molecule has 0 saturated carbocycles. The third-order valence-electron chi connectivity index (χ3n) is 2.88. The van der Waals surface area contributed by atoms with E-state index in [1.165, 1.54) is 7.11 Å². The van der Waals surface area contributed by atoms with E-state index in [0.717, 1.165) is 0 Å². The van der Waals surface area contributed by atoms with Crippen molar-refractivity contribution in [3.8, 4) is 0 Å². The van der Waals surface area contributed by atoms with Gasteiger partial charge in [0.05, 0.1) is 13.7 Å². The average Bonchev–Trinajstić information content (AvgIpc) is 2.11. The second-order valence-electron chi connectivity index (χ2n) is 5.11. The molecule has 0 aliphatic carbocycles. The van der Waals surface area contributed by atoms with Crippen molar-refractivity contribution in [2.75, 3.05) is 13.7 Å². The third kappa shape index (κ3) is 4.32. The Kier molecular flexibility index (Phi) is 4.96. The van der Waals surface area contributed by atoms with Crippen LogP contribution in [0.5, 0.6) is 0 Å². The first-order valence-electron chi connectivity index (χ1n) is 5.01. The van der Waals surface area contributed by atoms with Crippen LogP contribution in [0.4, 0.5) is 0 Å². The first-order valence-corrected chi connectivity index (χ1v) is 7.92. The lowest BCUT2D eigenvalue weighted by molar-refractivity contribution is -0.152. The van der Waals surface area contributed by atoms with Gasteiger partial charge in [0, 0.05) is 0 Å². The summed E-state index contributed by atoms with van der Waals surface area (Å²) in [6.45, 7) is 10.5. The molecule has 90 valence electrons. The topological polar surface area (TPSA) is 55.8 Å². The summed E-state index contributed by atoms with van der Waals surface area (Å²) in [7, 11) is -0.646. The SMILES string of the molecule is COC(=O)[C@H](O)CO[Si](C)(C)C(C)(C)C. The number of rotatable bonds is 4. The Balaban J connectivity index is 4.22. The van der Waals surface area contributed by atoms with E-state index in [9.17, 15) is 9.90 Å². The zero-order valence-corrected chi connectivity index (χ0v) is 11.5. The van der Waals surface area contributed by atoms with E-state index < -0.39 is 20.4 Å². The normalized spacial score (nSPS) is 14.9. The maximum atomic E-state index is 10.9. The van der Waals surface area contributed by atoms with Crippen LogP contribution in [-0.2, 0) is 14.0 Å². The first-order chi connectivity index (χ1) is 6.62. The molecule has 5 heteroatoms. The number of hydrogen-bond acceptors (Lipinski definition) is 4. The van der Waals surface area contributed by atoms with Crippen LogP contribution in [0.25, 0.3) is 0 Å². The van der Waals surface area contributed by atoms with Crippen molar-refractivity contribution in [1.82, 2.24) is 0 Å². The molecule has 0 aromatic rings. The van der Waals surface area contributed by atoms with E-state index in [0.29, 0.717) is 0 Å². The van der Waals surface area contributed by atoms with Crippen LogP contribution in [-0.4, -0.2) is 39.2 Å². The minimum absolute atomic E-state index is 0.0170. The van der Waals surface area contributed by atoms with Crippen LogP contribution in [0.3, 0.4) is 0 Å². The van der Waals surface area contributed by atoms with Gasteiger partial charge in [-0.15, -0.1) is 0 Å². The van der Waals surface area contributed by atoms with E-state index >= 15 is 0 Å². The summed E-state index contributed by atoms with van der Waals surface area (Å²) in [5.74, 6) is -0.645. The molecule has 0 radical (unpaired) electrons. The molecule has 0 fully saturated rings. The third-order valence-corrected chi connectivity index (χ3v) is 7.38. The van der Waals surface area contributed by atoms with Crippen molar-refractivity contribution in [3.63, 3.8) is 0 Å². The van der Waals surface area contributed by atoms with Crippen molar-refractivity contribution >= 4 is 14.3 Å². The van der Waals surface area contributed by atoms with Gasteiger partial charge in [-0.3, -0.25) is 0 Å². The highest BCUT2D eigenvalue weighted by Gasteiger charge is 2.38. The summed E-state index contributed by atoms with van der Waals surface area (Å²) in [4.78, 5) is 10.9. The number of aliphatic hydroxyl groups is 1. The zero-order valence-electron chi connectivity index (χ0n) is 10.5. The van der Waals surface area contributed by atoms with E-state index in [1.807, 2.05) is 0 Å². The molecule has 0 aromatic heterocycles. The average molecular weight is 234 g/mol. The molecule has 0 unspecified atom stereocenters. The molecule has 0 heterocycles. The maximum Gasteiger partial charge on any atom is 0.337 e. The van der Waals surface area contributed by atoms with Gasteiger partial charge in [-0.05, 0) is 18.1 Å². The van der Waals surface area contributed by atoms with E-state index in [-0.39, 0.29) is 11.6 Å². The first kappa shape index (κ1) is 14.6. The Morgan fingerprint density at radius 3 is 2.20 bits per heavy atom. The smallest absolute Gasteiger partial charge is 0.337 e. The molecule has 0 spiro atoms. The minimum Gasteiger partial charge on any atom is -0.467 e. The van der Waals surface area contributed by atoms with Gasteiger partial charge in [-0.25, -0.2) is 4.79 Å². The minimum atomic E-state index is -1.89. The van der Waals surface area contributed by atoms with Gasteiger partial charge >= 0.3 is 5.97 Å². The fraction of sp³-hybridized carbons (Fsp3) is 0.900. The molecule has 4 nitrogen and oxygen atoms in total. The Morgan fingerprint density at radius 2 is 1.87 bits per heavy atom. The lowest BCUT2D eigenvalue weighted by Crippen LogP contribution is -2.43. The number of ether oxygens (including phenoxy) is 1. The molecular formula is C10H22O4Si. The zero-order chi connectivity index (χ0) is 12.3. The molecule has 1 atom stereocenters.